The predicted molar refractivity (Wildman–Crippen MR) is 79.3 cm³/mol. The van der Waals surface area contributed by atoms with Crippen molar-refractivity contribution in [3.8, 4) is 0 Å². The number of rotatable bonds is 5. The van der Waals surface area contributed by atoms with Crippen LogP contribution in [0.15, 0.2) is 24.3 Å². The zero-order valence-corrected chi connectivity index (χ0v) is 12.3. The maximum absolute atomic E-state index is 11.7. The molecule has 1 fully saturated rings. The summed E-state index contributed by atoms with van der Waals surface area (Å²) in [4.78, 5) is 25.3. The molecule has 1 aromatic rings. The average Bonchev–Trinajstić information content (AvgIpc) is 2.99. The van der Waals surface area contributed by atoms with Crippen LogP contribution in [0, 0.1) is 0 Å². The molecule has 0 aromatic heterocycles. The van der Waals surface area contributed by atoms with E-state index in [4.69, 9.17) is 9.47 Å². The van der Waals surface area contributed by atoms with Crippen LogP contribution in [-0.2, 0) is 19.1 Å². The van der Waals surface area contributed by atoms with E-state index in [-0.39, 0.29) is 12.5 Å². The molecule has 0 spiro atoms. The quantitative estimate of drug-likeness (QED) is 0.831. The molecule has 2 rings (SSSR count). The largest absolute Gasteiger partial charge is 0.454 e. The van der Waals surface area contributed by atoms with Gasteiger partial charge in [0.05, 0.1) is 0 Å². The number of ether oxygens (including phenoxy) is 2. The molecule has 0 radical (unpaired) electrons. The Morgan fingerprint density at radius 3 is 2.62 bits per heavy atom. The van der Waals surface area contributed by atoms with Crippen molar-refractivity contribution in [3.63, 3.8) is 0 Å². The van der Waals surface area contributed by atoms with Gasteiger partial charge >= 0.3 is 5.97 Å². The van der Waals surface area contributed by atoms with Gasteiger partial charge in [-0.3, -0.25) is 4.79 Å². The highest BCUT2D eigenvalue weighted by Gasteiger charge is 2.25. The molecule has 1 aliphatic heterocycles. The van der Waals surface area contributed by atoms with Gasteiger partial charge in [-0.25, -0.2) is 4.79 Å². The van der Waals surface area contributed by atoms with E-state index >= 15 is 0 Å². The van der Waals surface area contributed by atoms with Crippen molar-refractivity contribution in [1.82, 2.24) is 0 Å². The van der Waals surface area contributed by atoms with E-state index in [1.807, 2.05) is 31.1 Å². The van der Waals surface area contributed by atoms with Crippen molar-refractivity contribution in [2.45, 2.75) is 18.9 Å². The summed E-state index contributed by atoms with van der Waals surface area (Å²) in [5.41, 5.74) is 1.71. The molecule has 21 heavy (non-hydrogen) atoms. The third-order valence-electron chi connectivity index (χ3n) is 3.21. The minimum atomic E-state index is -0.517. The molecule has 1 N–H and O–H groups in total. The van der Waals surface area contributed by atoms with Crippen molar-refractivity contribution in [2.75, 3.05) is 37.5 Å². The van der Waals surface area contributed by atoms with Gasteiger partial charge < -0.3 is 19.7 Å². The van der Waals surface area contributed by atoms with Crippen LogP contribution in [0.4, 0.5) is 11.4 Å². The second-order valence-electron chi connectivity index (χ2n) is 5.10. The molecule has 0 unspecified atom stereocenters. The van der Waals surface area contributed by atoms with E-state index < -0.39 is 12.1 Å². The Hall–Kier alpha value is -2.08. The van der Waals surface area contributed by atoms with Crippen molar-refractivity contribution < 1.29 is 19.1 Å². The number of benzene rings is 1. The lowest BCUT2D eigenvalue weighted by Crippen LogP contribution is -2.27. The van der Waals surface area contributed by atoms with Gasteiger partial charge in [0.25, 0.3) is 5.91 Å². The Morgan fingerprint density at radius 1 is 1.33 bits per heavy atom. The number of carbonyl (C=O) groups excluding carboxylic acids is 2. The summed E-state index contributed by atoms with van der Waals surface area (Å²) in [5.74, 6) is -0.829. The zero-order valence-electron chi connectivity index (χ0n) is 12.3. The van der Waals surface area contributed by atoms with Crippen molar-refractivity contribution in [1.29, 1.82) is 0 Å². The van der Waals surface area contributed by atoms with E-state index in [0.29, 0.717) is 18.7 Å². The molecule has 1 saturated heterocycles. The first-order valence-corrected chi connectivity index (χ1v) is 6.92. The molecule has 6 heteroatoms. The number of hydrogen-bond acceptors (Lipinski definition) is 5. The van der Waals surface area contributed by atoms with Gasteiger partial charge in [0, 0.05) is 32.1 Å². The molecule has 114 valence electrons. The smallest absolute Gasteiger partial charge is 0.335 e. The Bertz CT molecular complexity index is 493. The molecule has 0 aliphatic carbocycles. The fourth-order valence-electron chi connectivity index (χ4n) is 2.03. The summed E-state index contributed by atoms with van der Waals surface area (Å²) in [6.45, 7) is 0.276. The third-order valence-corrected chi connectivity index (χ3v) is 3.21. The Morgan fingerprint density at radius 2 is 2.05 bits per heavy atom. The molecule has 1 atom stereocenters. The summed E-state index contributed by atoms with van der Waals surface area (Å²) in [6.07, 6.45) is 0.994. The first-order valence-electron chi connectivity index (χ1n) is 6.92. The molecule has 0 bridgehead atoms. The first kappa shape index (κ1) is 15.3. The fourth-order valence-corrected chi connectivity index (χ4v) is 2.03. The lowest BCUT2D eigenvalue weighted by Gasteiger charge is -2.13. The van der Waals surface area contributed by atoms with E-state index in [0.717, 1.165) is 12.1 Å². The molecule has 1 aliphatic rings. The van der Waals surface area contributed by atoms with Crippen LogP contribution in [0.1, 0.15) is 12.8 Å². The van der Waals surface area contributed by atoms with Gasteiger partial charge in [0.1, 0.15) is 0 Å². The van der Waals surface area contributed by atoms with Gasteiger partial charge in [-0.1, -0.05) is 0 Å². The fraction of sp³-hybridized carbons (Fsp3) is 0.467. The summed E-state index contributed by atoms with van der Waals surface area (Å²) in [7, 11) is 3.89. The summed E-state index contributed by atoms with van der Waals surface area (Å²) in [5, 5.41) is 2.68. The standard InChI is InChI=1S/C15H20N2O4/c1-17(2)12-7-5-11(6-8-12)16-14(18)10-21-15(19)13-4-3-9-20-13/h5-8,13H,3-4,9-10H2,1-2H3,(H,16,18)/t13-/m0/s1. The highest BCUT2D eigenvalue weighted by atomic mass is 16.6. The molecule has 6 nitrogen and oxygen atoms in total. The number of hydrogen-bond donors (Lipinski definition) is 1. The van der Waals surface area contributed by atoms with Crippen molar-refractivity contribution in [2.24, 2.45) is 0 Å². The minimum Gasteiger partial charge on any atom is -0.454 e. The van der Waals surface area contributed by atoms with E-state index in [2.05, 4.69) is 5.32 Å². The van der Waals surface area contributed by atoms with E-state index in [1.165, 1.54) is 0 Å². The maximum atomic E-state index is 11.7. The SMILES string of the molecule is CN(C)c1ccc(NC(=O)COC(=O)[C@@H]2CCCO2)cc1. The topological polar surface area (TPSA) is 67.9 Å². The highest BCUT2D eigenvalue weighted by Crippen LogP contribution is 2.16. The predicted octanol–water partition coefficient (Wildman–Crippen LogP) is 1.41. The van der Waals surface area contributed by atoms with Crippen LogP contribution >= 0.6 is 0 Å². The van der Waals surface area contributed by atoms with Crippen LogP contribution < -0.4 is 10.2 Å². The van der Waals surface area contributed by atoms with Crippen LogP contribution in [0.5, 0.6) is 0 Å². The number of esters is 1. The minimum absolute atomic E-state index is 0.297. The molecule has 0 saturated carbocycles. The van der Waals surface area contributed by atoms with E-state index in [9.17, 15) is 9.59 Å². The Balaban J connectivity index is 1.77. The molecular weight excluding hydrogens is 272 g/mol. The third kappa shape index (κ3) is 4.46. The average molecular weight is 292 g/mol. The van der Waals surface area contributed by atoms with Gasteiger partial charge in [0.15, 0.2) is 12.7 Å². The second kappa shape index (κ2) is 7.08. The lowest BCUT2D eigenvalue weighted by molar-refractivity contribution is -0.156. The summed E-state index contributed by atoms with van der Waals surface area (Å²) >= 11 is 0. The normalized spacial score (nSPS) is 17.3. The van der Waals surface area contributed by atoms with Gasteiger partial charge in [-0.15, -0.1) is 0 Å². The molecule has 1 aromatic carbocycles. The van der Waals surface area contributed by atoms with Gasteiger partial charge in [-0.05, 0) is 37.1 Å². The molecule has 1 heterocycles. The number of anilines is 2. The number of nitrogens with zero attached hydrogens (tertiary/aromatic N) is 1. The Labute approximate surface area is 124 Å². The Kier molecular flexibility index (Phi) is 5.16. The van der Waals surface area contributed by atoms with E-state index in [1.54, 1.807) is 12.1 Å². The maximum Gasteiger partial charge on any atom is 0.335 e. The first-order chi connectivity index (χ1) is 10.1. The van der Waals surface area contributed by atoms with Crippen LogP contribution in [0.3, 0.4) is 0 Å². The lowest BCUT2D eigenvalue weighted by atomic mass is 10.2. The van der Waals surface area contributed by atoms with Crippen LogP contribution in [0.2, 0.25) is 0 Å². The van der Waals surface area contributed by atoms with Gasteiger partial charge in [0.2, 0.25) is 0 Å². The summed E-state index contributed by atoms with van der Waals surface area (Å²) < 4.78 is 10.1. The zero-order chi connectivity index (χ0) is 15.2. The highest BCUT2D eigenvalue weighted by molar-refractivity contribution is 5.93. The van der Waals surface area contributed by atoms with Crippen molar-refractivity contribution in [3.05, 3.63) is 24.3 Å². The number of carbonyl (C=O) groups is 2. The molecule has 1 amide bonds. The number of amides is 1. The van der Waals surface area contributed by atoms with Gasteiger partial charge in [-0.2, -0.15) is 0 Å². The molecular formula is C15H20N2O4. The second-order valence-corrected chi connectivity index (χ2v) is 5.10. The van der Waals surface area contributed by atoms with Crippen LogP contribution in [0.25, 0.3) is 0 Å². The van der Waals surface area contributed by atoms with Crippen molar-refractivity contribution >= 4 is 23.3 Å². The number of nitrogens with one attached hydrogen (secondary N) is 1. The monoisotopic (exact) mass is 292 g/mol. The van der Waals surface area contributed by atoms with Crippen LogP contribution in [-0.4, -0.2) is 45.3 Å². The summed E-state index contributed by atoms with van der Waals surface area (Å²) in [6, 6.07) is 7.40.